The van der Waals surface area contributed by atoms with Gasteiger partial charge in [-0.25, -0.2) is 13.2 Å². The highest BCUT2D eigenvalue weighted by Gasteiger charge is 2.29. The Morgan fingerprint density at radius 1 is 1.05 bits per heavy atom. The van der Waals surface area contributed by atoms with Gasteiger partial charge in [0.05, 0.1) is 5.56 Å². The zero-order valence-corrected chi connectivity index (χ0v) is 10.5. The van der Waals surface area contributed by atoms with Crippen molar-refractivity contribution in [2.75, 3.05) is 13.1 Å². The molecule has 0 atom stereocenters. The zero-order valence-electron chi connectivity index (χ0n) is 10.5. The molecular weight excluding hydrogens is 273 g/mol. The topological polar surface area (TPSA) is 58.2 Å². The second-order valence-electron chi connectivity index (χ2n) is 4.54. The summed E-state index contributed by atoms with van der Waals surface area (Å²) in [7, 11) is 0. The summed E-state index contributed by atoms with van der Waals surface area (Å²) in [4.78, 5) is 22.8. The Bertz CT molecular complexity index is 545. The van der Waals surface area contributed by atoms with Gasteiger partial charge in [-0.1, -0.05) is 0 Å². The van der Waals surface area contributed by atoms with Crippen LogP contribution in [0.15, 0.2) is 12.1 Å². The van der Waals surface area contributed by atoms with Gasteiger partial charge >= 0.3 is 0 Å². The van der Waals surface area contributed by atoms with Gasteiger partial charge in [0, 0.05) is 19.0 Å². The maximum absolute atomic E-state index is 13.3. The quantitative estimate of drug-likeness (QED) is 0.634. The van der Waals surface area contributed by atoms with Gasteiger partial charge in [-0.2, -0.15) is 0 Å². The average molecular weight is 286 g/mol. The van der Waals surface area contributed by atoms with Crippen LogP contribution in [0.2, 0.25) is 0 Å². The summed E-state index contributed by atoms with van der Waals surface area (Å²) in [5, 5.41) is 4.92. The van der Waals surface area contributed by atoms with Crippen LogP contribution >= 0.6 is 0 Å². The van der Waals surface area contributed by atoms with Gasteiger partial charge in [-0.15, -0.1) is 0 Å². The van der Waals surface area contributed by atoms with Gasteiger partial charge in [0.15, 0.2) is 17.5 Å². The Labute approximate surface area is 113 Å². The lowest BCUT2D eigenvalue weighted by Crippen LogP contribution is -2.35. The van der Waals surface area contributed by atoms with Gasteiger partial charge in [-0.05, 0) is 25.0 Å². The van der Waals surface area contributed by atoms with Crippen LogP contribution in [0.1, 0.15) is 23.2 Å². The van der Waals surface area contributed by atoms with E-state index in [0.29, 0.717) is 6.07 Å². The molecule has 0 unspecified atom stereocenters. The van der Waals surface area contributed by atoms with Crippen LogP contribution in [0.5, 0.6) is 0 Å². The van der Waals surface area contributed by atoms with E-state index < -0.39 is 28.9 Å². The first kappa shape index (κ1) is 14.4. The van der Waals surface area contributed by atoms with Gasteiger partial charge in [-0.3, -0.25) is 9.59 Å². The van der Waals surface area contributed by atoms with E-state index in [2.05, 4.69) is 10.6 Å². The molecule has 4 nitrogen and oxygen atoms in total. The van der Waals surface area contributed by atoms with Crippen LogP contribution in [-0.4, -0.2) is 24.9 Å². The largest absolute Gasteiger partial charge is 0.354 e. The third-order valence-corrected chi connectivity index (χ3v) is 2.94. The minimum absolute atomic E-state index is 0.0642. The van der Waals surface area contributed by atoms with Crippen LogP contribution in [0.25, 0.3) is 0 Å². The Kier molecular flexibility index (Phi) is 4.26. The zero-order chi connectivity index (χ0) is 14.7. The highest BCUT2D eigenvalue weighted by molar-refractivity contribution is 5.94. The van der Waals surface area contributed by atoms with Crippen molar-refractivity contribution >= 4 is 11.8 Å². The molecule has 0 radical (unpaired) electrons. The van der Waals surface area contributed by atoms with Crippen LogP contribution < -0.4 is 10.6 Å². The Morgan fingerprint density at radius 3 is 2.35 bits per heavy atom. The predicted octanol–water partition coefficient (Wildman–Crippen LogP) is 1.36. The first-order valence-corrected chi connectivity index (χ1v) is 6.20. The van der Waals surface area contributed by atoms with Crippen LogP contribution in [-0.2, 0) is 4.79 Å². The number of rotatable bonds is 5. The van der Waals surface area contributed by atoms with Crippen molar-refractivity contribution in [3.8, 4) is 0 Å². The van der Waals surface area contributed by atoms with E-state index in [1.54, 1.807) is 0 Å². The van der Waals surface area contributed by atoms with Crippen molar-refractivity contribution in [3.05, 3.63) is 35.1 Å². The molecule has 1 saturated carbocycles. The fourth-order valence-electron chi connectivity index (χ4n) is 1.65. The van der Waals surface area contributed by atoms with Gasteiger partial charge < -0.3 is 10.6 Å². The van der Waals surface area contributed by atoms with E-state index in [9.17, 15) is 22.8 Å². The number of amides is 2. The van der Waals surface area contributed by atoms with E-state index in [-0.39, 0.29) is 24.9 Å². The standard InChI is InChI=1S/C13H13F3N2O2/c14-9-4-3-8(10(15)11(9)16)13(20)18-6-5-17-12(19)7-1-2-7/h3-4,7H,1-2,5-6H2,(H,17,19)(H,18,20). The molecule has 0 bridgehead atoms. The van der Waals surface area contributed by atoms with Crippen LogP contribution in [0.3, 0.4) is 0 Å². The Morgan fingerprint density at radius 2 is 1.70 bits per heavy atom. The van der Waals surface area contributed by atoms with Crippen molar-refractivity contribution in [3.63, 3.8) is 0 Å². The fraction of sp³-hybridized carbons (Fsp3) is 0.385. The lowest BCUT2D eigenvalue weighted by molar-refractivity contribution is -0.122. The monoisotopic (exact) mass is 286 g/mol. The molecule has 2 amide bonds. The lowest BCUT2D eigenvalue weighted by Gasteiger charge is -2.08. The third-order valence-electron chi connectivity index (χ3n) is 2.94. The Hall–Kier alpha value is -2.05. The minimum Gasteiger partial charge on any atom is -0.354 e. The van der Waals surface area contributed by atoms with Crippen molar-refractivity contribution in [2.24, 2.45) is 5.92 Å². The van der Waals surface area contributed by atoms with E-state index in [4.69, 9.17) is 0 Å². The van der Waals surface area contributed by atoms with Crippen LogP contribution in [0, 0.1) is 23.4 Å². The number of benzene rings is 1. The number of hydrogen-bond donors (Lipinski definition) is 2. The molecule has 1 aromatic carbocycles. The first-order valence-electron chi connectivity index (χ1n) is 6.20. The molecular formula is C13H13F3N2O2. The van der Waals surface area contributed by atoms with E-state index in [1.165, 1.54) is 0 Å². The number of hydrogen-bond acceptors (Lipinski definition) is 2. The molecule has 108 valence electrons. The molecule has 0 aliphatic heterocycles. The Balaban J connectivity index is 1.82. The second-order valence-corrected chi connectivity index (χ2v) is 4.54. The lowest BCUT2D eigenvalue weighted by atomic mass is 10.2. The summed E-state index contributed by atoms with van der Waals surface area (Å²) in [5.41, 5.74) is -0.572. The second kappa shape index (κ2) is 5.94. The molecule has 0 aromatic heterocycles. The SMILES string of the molecule is O=C(NCCNC(=O)C1CC1)c1ccc(F)c(F)c1F. The maximum atomic E-state index is 13.3. The maximum Gasteiger partial charge on any atom is 0.254 e. The summed E-state index contributed by atoms with van der Waals surface area (Å²) in [6, 6.07) is 1.55. The minimum atomic E-state index is -1.68. The molecule has 1 aliphatic carbocycles. The van der Waals surface area contributed by atoms with Crippen molar-refractivity contribution < 1.29 is 22.8 Å². The third kappa shape index (κ3) is 3.28. The first-order chi connectivity index (χ1) is 9.50. The van der Waals surface area contributed by atoms with Gasteiger partial charge in [0.25, 0.3) is 5.91 Å². The molecule has 0 spiro atoms. The van der Waals surface area contributed by atoms with Crippen molar-refractivity contribution in [2.45, 2.75) is 12.8 Å². The van der Waals surface area contributed by atoms with Gasteiger partial charge in [0.1, 0.15) is 0 Å². The molecule has 1 fully saturated rings. The average Bonchev–Trinajstić information content (AvgIpc) is 3.25. The number of carbonyl (C=O) groups is 2. The summed E-state index contributed by atoms with van der Waals surface area (Å²) in [5.74, 6) is -5.42. The van der Waals surface area contributed by atoms with Crippen molar-refractivity contribution in [1.29, 1.82) is 0 Å². The summed E-state index contributed by atoms with van der Waals surface area (Å²) >= 11 is 0. The predicted molar refractivity (Wildman–Crippen MR) is 64.4 cm³/mol. The van der Waals surface area contributed by atoms with E-state index in [0.717, 1.165) is 18.9 Å². The number of halogens is 3. The van der Waals surface area contributed by atoms with E-state index in [1.807, 2.05) is 0 Å². The van der Waals surface area contributed by atoms with Gasteiger partial charge in [0.2, 0.25) is 5.91 Å². The fourth-order valence-corrected chi connectivity index (χ4v) is 1.65. The van der Waals surface area contributed by atoms with E-state index >= 15 is 0 Å². The molecule has 2 rings (SSSR count). The highest BCUT2D eigenvalue weighted by atomic mass is 19.2. The molecule has 1 aromatic rings. The normalized spacial score (nSPS) is 13.9. The molecule has 1 aliphatic rings. The molecule has 20 heavy (non-hydrogen) atoms. The summed E-state index contributed by atoms with van der Waals surface area (Å²) in [6.07, 6.45) is 1.75. The smallest absolute Gasteiger partial charge is 0.254 e. The van der Waals surface area contributed by atoms with Crippen molar-refractivity contribution in [1.82, 2.24) is 10.6 Å². The molecule has 2 N–H and O–H groups in total. The molecule has 0 saturated heterocycles. The summed E-state index contributed by atoms with van der Waals surface area (Å²) in [6.45, 7) is 0.280. The summed E-state index contributed by atoms with van der Waals surface area (Å²) < 4.78 is 39.0. The highest BCUT2D eigenvalue weighted by Crippen LogP contribution is 2.28. The molecule has 7 heteroatoms. The molecule has 0 heterocycles. The number of carbonyl (C=O) groups excluding carboxylic acids is 2. The number of nitrogens with one attached hydrogen (secondary N) is 2. The van der Waals surface area contributed by atoms with Crippen LogP contribution in [0.4, 0.5) is 13.2 Å².